The van der Waals surface area contributed by atoms with Crippen LogP contribution < -0.4 is 16.6 Å². The number of nitrogens with one attached hydrogen (secondary N) is 2. The Balaban J connectivity index is 1.93. The Morgan fingerprint density at radius 2 is 1.68 bits per heavy atom. The number of hydrogen-bond acceptors (Lipinski definition) is 3. The van der Waals surface area contributed by atoms with E-state index in [-0.39, 0.29) is 12.3 Å². The molecule has 2 aromatic carbocycles. The minimum absolute atomic E-state index is 0.171. The lowest BCUT2D eigenvalue weighted by molar-refractivity contribution is -0.123. The molecule has 5 nitrogen and oxygen atoms in total. The Bertz CT molecular complexity index is 644. The number of hydrogen-bond donors (Lipinski definition) is 3. The topological polar surface area (TPSA) is 84.2 Å². The Morgan fingerprint density at radius 3 is 2.27 bits per heavy atom. The molecule has 0 spiro atoms. The molecule has 2 rings (SSSR count). The van der Waals surface area contributed by atoms with Crippen LogP contribution in [0.4, 0.5) is 0 Å². The fourth-order valence-corrected chi connectivity index (χ4v) is 2.07. The van der Waals surface area contributed by atoms with Gasteiger partial charge >= 0.3 is 0 Å². The van der Waals surface area contributed by atoms with Gasteiger partial charge in [0.1, 0.15) is 6.04 Å². The summed E-state index contributed by atoms with van der Waals surface area (Å²) in [5, 5.41) is 0.611. The Kier molecular flexibility index (Phi) is 5.52. The first-order valence-electron chi connectivity index (χ1n) is 6.69. The van der Waals surface area contributed by atoms with E-state index in [0.717, 1.165) is 5.56 Å². The molecule has 0 fully saturated rings. The molecule has 0 aliphatic carbocycles. The lowest BCUT2D eigenvalue weighted by atomic mass is 10.1. The van der Waals surface area contributed by atoms with Crippen molar-refractivity contribution in [1.82, 2.24) is 10.9 Å². The molecule has 22 heavy (non-hydrogen) atoms. The maximum Gasteiger partial charge on any atom is 0.240 e. The van der Waals surface area contributed by atoms with Gasteiger partial charge in [-0.2, -0.15) is 0 Å². The zero-order chi connectivity index (χ0) is 15.9. The molecule has 0 saturated carbocycles. The Morgan fingerprint density at radius 1 is 1.05 bits per heavy atom. The van der Waals surface area contributed by atoms with Crippen molar-refractivity contribution < 1.29 is 9.59 Å². The maximum absolute atomic E-state index is 11.9. The number of primary amides is 1. The quantitative estimate of drug-likeness (QED) is 0.709. The first-order chi connectivity index (χ1) is 10.6. The summed E-state index contributed by atoms with van der Waals surface area (Å²) in [5.41, 5.74) is 12.0. The second-order valence-electron chi connectivity index (χ2n) is 4.74. The molecular formula is C16H16ClN3O2. The van der Waals surface area contributed by atoms with E-state index >= 15 is 0 Å². The molecule has 0 aliphatic heterocycles. The highest BCUT2D eigenvalue weighted by Gasteiger charge is 2.17. The third-order valence-corrected chi connectivity index (χ3v) is 3.30. The van der Waals surface area contributed by atoms with Crippen LogP contribution in [0.15, 0.2) is 54.6 Å². The minimum Gasteiger partial charge on any atom is -0.368 e. The van der Waals surface area contributed by atoms with E-state index in [1.807, 2.05) is 6.07 Å². The Hall–Kier alpha value is -2.37. The standard InChI is InChI=1S/C16H16ClN3O2/c17-13-8-6-11(7-9-13)10-14(21)19-20-15(16(18)22)12-4-2-1-3-5-12/h1-9,15,20H,10H2,(H2,18,22)(H,19,21). The number of hydrazine groups is 1. The number of benzene rings is 2. The zero-order valence-corrected chi connectivity index (χ0v) is 12.5. The summed E-state index contributed by atoms with van der Waals surface area (Å²) in [7, 11) is 0. The van der Waals surface area contributed by atoms with Crippen LogP contribution in [-0.4, -0.2) is 11.8 Å². The van der Waals surface area contributed by atoms with Gasteiger partial charge in [0.15, 0.2) is 0 Å². The number of amides is 2. The van der Waals surface area contributed by atoms with Gasteiger partial charge in [-0.15, -0.1) is 0 Å². The van der Waals surface area contributed by atoms with Crippen molar-refractivity contribution >= 4 is 23.4 Å². The van der Waals surface area contributed by atoms with Gasteiger partial charge in [0.25, 0.3) is 0 Å². The van der Waals surface area contributed by atoms with Crippen LogP contribution in [0.1, 0.15) is 17.2 Å². The van der Waals surface area contributed by atoms with E-state index in [1.54, 1.807) is 48.5 Å². The summed E-state index contributed by atoms with van der Waals surface area (Å²) < 4.78 is 0. The molecule has 0 bridgehead atoms. The van der Waals surface area contributed by atoms with E-state index in [9.17, 15) is 9.59 Å². The molecule has 114 valence electrons. The van der Waals surface area contributed by atoms with Crippen LogP contribution in [0.25, 0.3) is 0 Å². The minimum atomic E-state index is -0.782. The van der Waals surface area contributed by atoms with E-state index < -0.39 is 11.9 Å². The van der Waals surface area contributed by atoms with Crippen LogP contribution in [0, 0.1) is 0 Å². The van der Waals surface area contributed by atoms with E-state index in [1.165, 1.54) is 0 Å². The SMILES string of the molecule is NC(=O)C(NNC(=O)Cc1ccc(Cl)cc1)c1ccccc1. The summed E-state index contributed by atoms with van der Waals surface area (Å²) in [5.74, 6) is -0.845. The highest BCUT2D eigenvalue weighted by atomic mass is 35.5. The van der Waals surface area contributed by atoms with Crippen molar-refractivity contribution in [2.45, 2.75) is 12.5 Å². The maximum atomic E-state index is 11.9. The molecule has 2 aromatic rings. The summed E-state index contributed by atoms with van der Waals surface area (Å²) in [6.07, 6.45) is 0.171. The van der Waals surface area contributed by atoms with Gasteiger partial charge in [0, 0.05) is 5.02 Å². The monoisotopic (exact) mass is 317 g/mol. The van der Waals surface area contributed by atoms with Gasteiger partial charge < -0.3 is 5.73 Å². The van der Waals surface area contributed by atoms with Gasteiger partial charge in [0.05, 0.1) is 6.42 Å². The molecule has 0 aliphatic rings. The third-order valence-electron chi connectivity index (χ3n) is 3.05. The number of nitrogens with two attached hydrogens (primary N) is 1. The van der Waals surface area contributed by atoms with Crippen LogP contribution in [0.2, 0.25) is 5.02 Å². The summed E-state index contributed by atoms with van der Waals surface area (Å²) in [6.45, 7) is 0. The summed E-state index contributed by atoms with van der Waals surface area (Å²) in [4.78, 5) is 23.4. The predicted octanol–water partition coefficient (Wildman–Crippen LogP) is 1.73. The van der Waals surface area contributed by atoms with Gasteiger partial charge in [-0.1, -0.05) is 54.1 Å². The molecule has 0 aromatic heterocycles. The molecule has 0 saturated heterocycles. The van der Waals surface area contributed by atoms with Crippen molar-refractivity contribution in [3.63, 3.8) is 0 Å². The molecular weight excluding hydrogens is 302 g/mol. The van der Waals surface area contributed by atoms with E-state index in [0.29, 0.717) is 10.6 Å². The molecule has 4 N–H and O–H groups in total. The molecule has 6 heteroatoms. The van der Waals surface area contributed by atoms with Gasteiger partial charge in [-0.05, 0) is 23.3 Å². The van der Waals surface area contributed by atoms with E-state index in [2.05, 4.69) is 10.9 Å². The average Bonchev–Trinajstić information content (AvgIpc) is 2.50. The number of rotatable bonds is 6. The highest BCUT2D eigenvalue weighted by molar-refractivity contribution is 6.30. The van der Waals surface area contributed by atoms with Crippen molar-refractivity contribution in [1.29, 1.82) is 0 Å². The van der Waals surface area contributed by atoms with Crippen molar-refractivity contribution in [3.05, 3.63) is 70.7 Å². The fourth-order valence-electron chi connectivity index (χ4n) is 1.95. The first-order valence-corrected chi connectivity index (χ1v) is 7.07. The van der Waals surface area contributed by atoms with Crippen molar-refractivity contribution in [2.24, 2.45) is 5.73 Å². The van der Waals surface area contributed by atoms with Crippen LogP contribution >= 0.6 is 11.6 Å². The summed E-state index contributed by atoms with van der Waals surface area (Å²) in [6, 6.07) is 15.1. The lowest BCUT2D eigenvalue weighted by Crippen LogP contribution is -2.45. The number of halogens is 1. The largest absolute Gasteiger partial charge is 0.368 e. The number of carbonyl (C=O) groups is 2. The van der Waals surface area contributed by atoms with Crippen LogP contribution in [0.3, 0.4) is 0 Å². The first kappa shape index (κ1) is 16.0. The lowest BCUT2D eigenvalue weighted by Gasteiger charge is -2.16. The third kappa shape index (κ3) is 4.58. The molecule has 1 unspecified atom stereocenters. The van der Waals surface area contributed by atoms with Crippen molar-refractivity contribution in [2.75, 3.05) is 0 Å². The van der Waals surface area contributed by atoms with Crippen LogP contribution in [-0.2, 0) is 16.0 Å². The zero-order valence-electron chi connectivity index (χ0n) is 11.8. The summed E-state index contributed by atoms with van der Waals surface area (Å²) >= 11 is 5.79. The molecule has 2 amide bonds. The average molecular weight is 318 g/mol. The second-order valence-corrected chi connectivity index (χ2v) is 5.18. The second kappa shape index (κ2) is 7.59. The smallest absolute Gasteiger partial charge is 0.240 e. The normalized spacial score (nSPS) is 11.7. The van der Waals surface area contributed by atoms with E-state index in [4.69, 9.17) is 17.3 Å². The van der Waals surface area contributed by atoms with Gasteiger partial charge in [-0.25, -0.2) is 5.43 Å². The molecule has 1 atom stereocenters. The Labute approximate surface area is 133 Å². The molecule has 0 radical (unpaired) electrons. The fraction of sp³-hybridized carbons (Fsp3) is 0.125. The van der Waals surface area contributed by atoms with Gasteiger partial charge in [-0.3, -0.25) is 15.0 Å². The predicted molar refractivity (Wildman–Crippen MR) is 84.8 cm³/mol. The van der Waals surface area contributed by atoms with Crippen molar-refractivity contribution in [3.8, 4) is 0 Å². The van der Waals surface area contributed by atoms with Crippen LogP contribution in [0.5, 0.6) is 0 Å². The highest BCUT2D eigenvalue weighted by Crippen LogP contribution is 2.11. The molecule has 0 heterocycles. The number of carbonyl (C=O) groups excluding carboxylic acids is 2. The van der Waals surface area contributed by atoms with Gasteiger partial charge in [0.2, 0.25) is 11.8 Å².